The Morgan fingerprint density at radius 3 is 2.48 bits per heavy atom. The van der Waals surface area contributed by atoms with Crippen LogP contribution in [-0.4, -0.2) is 15.0 Å². The van der Waals surface area contributed by atoms with Crippen LogP contribution in [0.3, 0.4) is 0 Å². The molecule has 0 bridgehead atoms. The Bertz CT molecular complexity index is 690. The second kappa shape index (κ2) is 6.80. The molecule has 2 aromatic rings. The van der Waals surface area contributed by atoms with Crippen LogP contribution in [0, 0.1) is 5.82 Å². The van der Waals surface area contributed by atoms with Crippen molar-refractivity contribution >= 4 is 10.0 Å². The van der Waals surface area contributed by atoms with Gasteiger partial charge in [-0.15, -0.1) is 0 Å². The lowest BCUT2D eigenvalue weighted by Crippen LogP contribution is -2.32. The fraction of sp³-hybridized carbons (Fsp3) is 0.200. The van der Waals surface area contributed by atoms with E-state index < -0.39 is 21.9 Å². The molecule has 0 radical (unpaired) electrons. The maximum Gasteiger partial charge on any atom is 0.215 e. The first kappa shape index (κ1) is 15.6. The van der Waals surface area contributed by atoms with Gasteiger partial charge in [0.15, 0.2) is 0 Å². The summed E-state index contributed by atoms with van der Waals surface area (Å²) in [6.07, 6.45) is 0. The Morgan fingerprint density at radius 2 is 1.81 bits per heavy atom. The molecule has 0 aliphatic rings. The molecule has 0 saturated carbocycles. The second-order valence-electron chi connectivity index (χ2n) is 4.75. The van der Waals surface area contributed by atoms with Gasteiger partial charge in [-0.1, -0.05) is 42.5 Å². The van der Waals surface area contributed by atoms with E-state index in [-0.39, 0.29) is 12.3 Å². The molecule has 0 amide bonds. The fourth-order valence-corrected chi connectivity index (χ4v) is 3.09. The predicted octanol–water partition coefficient (Wildman–Crippen LogP) is 1.95. The van der Waals surface area contributed by atoms with Crippen molar-refractivity contribution in [1.29, 1.82) is 0 Å². The molecule has 0 spiro atoms. The summed E-state index contributed by atoms with van der Waals surface area (Å²) in [5, 5.41) is 0. The molecule has 0 aliphatic carbocycles. The predicted molar refractivity (Wildman–Crippen MR) is 80.4 cm³/mol. The molecule has 0 aliphatic heterocycles. The van der Waals surface area contributed by atoms with Crippen LogP contribution < -0.4 is 10.5 Å². The molecule has 2 rings (SSSR count). The largest absolute Gasteiger partial charge is 0.323 e. The van der Waals surface area contributed by atoms with Gasteiger partial charge >= 0.3 is 0 Å². The SMILES string of the molecule is NC(CNS(=O)(=O)Cc1cccc(F)c1)c1ccccc1. The normalized spacial score (nSPS) is 13.0. The fourth-order valence-electron chi connectivity index (χ4n) is 1.93. The second-order valence-corrected chi connectivity index (χ2v) is 6.56. The molecule has 1 atom stereocenters. The minimum absolute atomic E-state index is 0.0989. The van der Waals surface area contributed by atoms with E-state index in [2.05, 4.69) is 4.72 Å². The van der Waals surface area contributed by atoms with E-state index in [1.807, 2.05) is 30.3 Å². The lowest BCUT2D eigenvalue weighted by molar-refractivity contribution is 0.571. The number of halogens is 1. The topological polar surface area (TPSA) is 72.2 Å². The average Bonchev–Trinajstić information content (AvgIpc) is 2.45. The third kappa shape index (κ3) is 4.93. The zero-order valence-electron chi connectivity index (χ0n) is 11.4. The summed E-state index contributed by atoms with van der Waals surface area (Å²) in [5.74, 6) is -0.726. The van der Waals surface area contributed by atoms with Gasteiger partial charge in [0.05, 0.1) is 5.75 Å². The number of benzene rings is 2. The first-order valence-electron chi connectivity index (χ1n) is 6.48. The molecular weight excluding hydrogens is 291 g/mol. The maximum absolute atomic E-state index is 13.0. The van der Waals surface area contributed by atoms with E-state index in [1.165, 1.54) is 18.2 Å². The van der Waals surface area contributed by atoms with Crippen LogP contribution in [-0.2, 0) is 15.8 Å². The van der Waals surface area contributed by atoms with E-state index in [0.717, 1.165) is 5.56 Å². The van der Waals surface area contributed by atoms with E-state index in [4.69, 9.17) is 5.73 Å². The first-order chi connectivity index (χ1) is 9.96. The van der Waals surface area contributed by atoms with Gasteiger partial charge in [0.2, 0.25) is 10.0 Å². The minimum Gasteiger partial charge on any atom is -0.323 e. The van der Waals surface area contributed by atoms with Gasteiger partial charge in [0.25, 0.3) is 0 Å². The molecule has 4 nitrogen and oxygen atoms in total. The smallest absolute Gasteiger partial charge is 0.215 e. The third-order valence-corrected chi connectivity index (χ3v) is 4.32. The van der Waals surface area contributed by atoms with Crippen molar-refractivity contribution in [3.63, 3.8) is 0 Å². The van der Waals surface area contributed by atoms with Gasteiger partial charge in [-0.25, -0.2) is 17.5 Å². The summed E-state index contributed by atoms with van der Waals surface area (Å²) in [4.78, 5) is 0. The standard InChI is InChI=1S/C15H17FN2O2S/c16-14-8-4-5-12(9-14)11-21(19,20)18-10-15(17)13-6-2-1-3-7-13/h1-9,15,18H,10-11,17H2. The van der Waals surface area contributed by atoms with E-state index in [9.17, 15) is 12.8 Å². The van der Waals surface area contributed by atoms with Crippen LogP contribution in [0.25, 0.3) is 0 Å². The van der Waals surface area contributed by atoms with E-state index in [1.54, 1.807) is 6.07 Å². The Hall–Kier alpha value is -1.76. The van der Waals surface area contributed by atoms with Crippen LogP contribution in [0.4, 0.5) is 4.39 Å². The highest BCUT2D eigenvalue weighted by atomic mass is 32.2. The van der Waals surface area contributed by atoms with Crippen molar-refractivity contribution in [1.82, 2.24) is 4.72 Å². The van der Waals surface area contributed by atoms with Crippen LogP contribution >= 0.6 is 0 Å². The van der Waals surface area contributed by atoms with Crippen LogP contribution in [0.1, 0.15) is 17.2 Å². The minimum atomic E-state index is -3.55. The van der Waals surface area contributed by atoms with Crippen molar-refractivity contribution in [2.45, 2.75) is 11.8 Å². The molecular formula is C15H17FN2O2S. The highest BCUT2D eigenvalue weighted by molar-refractivity contribution is 7.88. The molecule has 2 aromatic carbocycles. The van der Waals surface area contributed by atoms with Gasteiger partial charge < -0.3 is 5.73 Å². The zero-order valence-corrected chi connectivity index (χ0v) is 12.2. The number of hydrogen-bond donors (Lipinski definition) is 2. The van der Waals surface area contributed by atoms with Crippen molar-refractivity contribution < 1.29 is 12.8 Å². The zero-order chi connectivity index (χ0) is 15.3. The molecule has 6 heteroatoms. The van der Waals surface area contributed by atoms with Crippen LogP contribution in [0.2, 0.25) is 0 Å². The lowest BCUT2D eigenvalue weighted by atomic mass is 10.1. The summed E-state index contributed by atoms with van der Waals surface area (Å²) < 4.78 is 39.4. The highest BCUT2D eigenvalue weighted by Crippen LogP contribution is 2.10. The molecule has 112 valence electrons. The molecule has 1 unspecified atom stereocenters. The summed E-state index contributed by atoms with van der Waals surface area (Å²) in [7, 11) is -3.55. The Kier molecular flexibility index (Phi) is 5.06. The lowest BCUT2D eigenvalue weighted by Gasteiger charge is -2.13. The van der Waals surface area contributed by atoms with Gasteiger partial charge in [-0.05, 0) is 23.3 Å². The summed E-state index contributed by atoms with van der Waals surface area (Å²) >= 11 is 0. The van der Waals surface area contributed by atoms with E-state index >= 15 is 0 Å². The Morgan fingerprint density at radius 1 is 1.10 bits per heavy atom. The van der Waals surface area contributed by atoms with Gasteiger partial charge in [0, 0.05) is 12.6 Å². The number of nitrogens with one attached hydrogen (secondary N) is 1. The number of hydrogen-bond acceptors (Lipinski definition) is 3. The average molecular weight is 308 g/mol. The summed E-state index contributed by atoms with van der Waals surface area (Å²) in [6.45, 7) is 0.0989. The van der Waals surface area contributed by atoms with Crippen molar-refractivity contribution in [2.24, 2.45) is 5.73 Å². The number of nitrogens with two attached hydrogens (primary N) is 1. The molecule has 0 fully saturated rings. The Labute approximate surface area is 123 Å². The van der Waals surface area contributed by atoms with E-state index in [0.29, 0.717) is 5.56 Å². The Balaban J connectivity index is 1.95. The van der Waals surface area contributed by atoms with Gasteiger partial charge in [0.1, 0.15) is 5.82 Å². The van der Waals surface area contributed by atoms with Crippen molar-refractivity contribution in [3.8, 4) is 0 Å². The highest BCUT2D eigenvalue weighted by Gasteiger charge is 2.14. The summed E-state index contributed by atoms with van der Waals surface area (Å²) in [6, 6.07) is 14.3. The molecule has 0 saturated heterocycles. The summed E-state index contributed by atoms with van der Waals surface area (Å²) in [5.41, 5.74) is 7.18. The molecule has 21 heavy (non-hydrogen) atoms. The number of rotatable bonds is 6. The molecule has 3 N–H and O–H groups in total. The molecule has 0 heterocycles. The van der Waals surface area contributed by atoms with Gasteiger partial charge in [-0.2, -0.15) is 0 Å². The number of sulfonamides is 1. The maximum atomic E-state index is 13.0. The third-order valence-electron chi connectivity index (χ3n) is 3.00. The van der Waals surface area contributed by atoms with Gasteiger partial charge in [-0.3, -0.25) is 0 Å². The van der Waals surface area contributed by atoms with Crippen LogP contribution in [0.5, 0.6) is 0 Å². The molecule has 0 aromatic heterocycles. The van der Waals surface area contributed by atoms with Crippen molar-refractivity contribution in [3.05, 3.63) is 71.5 Å². The van der Waals surface area contributed by atoms with Crippen LogP contribution in [0.15, 0.2) is 54.6 Å². The first-order valence-corrected chi connectivity index (χ1v) is 8.14. The monoisotopic (exact) mass is 308 g/mol. The quantitative estimate of drug-likeness (QED) is 0.856. The van der Waals surface area contributed by atoms with Crippen molar-refractivity contribution in [2.75, 3.05) is 6.54 Å².